The first-order chi connectivity index (χ1) is 26.1. The standard InChI is InChI=1S/C53H36/c1-53(2)48-31-30-33-16-3-6-19-36(33)51(48)46-29-15-28-45(52(46)53)50-43-26-13-11-24-41(43)49(42-25-12-14-27-44(42)50)40-23-10-9-22-39(40)47-32-34-17-4-5-18-35(34)37-20-7-8-21-38(37)47/h3-32H,1-2H3. The van der Waals surface area contributed by atoms with Crippen LogP contribution in [0.4, 0.5) is 0 Å². The molecule has 0 amide bonds. The van der Waals surface area contributed by atoms with Gasteiger partial charge in [0.05, 0.1) is 0 Å². The smallest absolute Gasteiger partial charge is 0.0165 e. The van der Waals surface area contributed by atoms with E-state index in [1.54, 1.807) is 0 Å². The molecule has 0 radical (unpaired) electrons. The third-order valence-electron chi connectivity index (χ3n) is 12.0. The Morgan fingerprint density at radius 2 is 0.736 bits per heavy atom. The number of benzene rings is 10. The van der Waals surface area contributed by atoms with Gasteiger partial charge in [-0.1, -0.05) is 190 Å². The average molecular weight is 673 g/mol. The van der Waals surface area contributed by atoms with Gasteiger partial charge < -0.3 is 0 Å². The summed E-state index contributed by atoms with van der Waals surface area (Å²) >= 11 is 0. The van der Waals surface area contributed by atoms with Crippen molar-refractivity contribution >= 4 is 53.9 Å². The molecule has 53 heavy (non-hydrogen) atoms. The van der Waals surface area contributed by atoms with Crippen LogP contribution in [-0.4, -0.2) is 0 Å². The van der Waals surface area contributed by atoms with E-state index in [2.05, 4.69) is 196 Å². The molecule has 248 valence electrons. The fourth-order valence-electron chi connectivity index (χ4n) is 9.78. The van der Waals surface area contributed by atoms with Crippen molar-refractivity contribution in [2.24, 2.45) is 0 Å². The van der Waals surface area contributed by atoms with Crippen LogP contribution in [0.25, 0.3) is 98.4 Å². The second-order valence-corrected chi connectivity index (χ2v) is 15.1. The summed E-state index contributed by atoms with van der Waals surface area (Å²) in [7, 11) is 0. The quantitative estimate of drug-likeness (QED) is 0.129. The van der Waals surface area contributed by atoms with Crippen molar-refractivity contribution in [3.8, 4) is 44.5 Å². The molecule has 1 aliphatic carbocycles. The maximum absolute atomic E-state index is 2.42. The highest BCUT2D eigenvalue weighted by atomic mass is 14.4. The molecule has 0 aliphatic heterocycles. The van der Waals surface area contributed by atoms with E-state index in [-0.39, 0.29) is 5.41 Å². The van der Waals surface area contributed by atoms with Crippen LogP contribution >= 0.6 is 0 Å². The van der Waals surface area contributed by atoms with E-state index in [0.717, 1.165) is 0 Å². The number of rotatable bonds is 3. The maximum atomic E-state index is 2.42. The minimum Gasteiger partial charge on any atom is -0.0616 e. The predicted octanol–water partition coefficient (Wildman–Crippen LogP) is 14.8. The van der Waals surface area contributed by atoms with E-state index in [4.69, 9.17) is 0 Å². The molecule has 0 unspecified atom stereocenters. The predicted molar refractivity (Wildman–Crippen MR) is 228 cm³/mol. The fourth-order valence-corrected chi connectivity index (χ4v) is 9.78. The first-order valence-corrected chi connectivity index (χ1v) is 18.7. The highest BCUT2D eigenvalue weighted by Crippen LogP contribution is 2.56. The van der Waals surface area contributed by atoms with Crippen molar-refractivity contribution in [1.82, 2.24) is 0 Å². The van der Waals surface area contributed by atoms with Gasteiger partial charge in [0.15, 0.2) is 0 Å². The van der Waals surface area contributed by atoms with Crippen LogP contribution in [0, 0.1) is 0 Å². The topological polar surface area (TPSA) is 0 Å². The van der Waals surface area contributed by atoms with Gasteiger partial charge in [-0.25, -0.2) is 0 Å². The van der Waals surface area contributed by atoms with Crippen LogP contribution in [0.3, 0.4) is 0 Å². The zero-order valence-corrected chi connectivity index (χ0v) is 29.8. The lowest BCUT2D eigenvalue weighted by atomic mass is 9.76. The summed E-state index contributed by atoms with van der Waals surface area (Å²) in [6, 6.07) is 67.8. The highest BCUT2D eigenvalue weighted by molar-refractivity contribution is 6.24. The van der Waals surface area contributed by atoms with Crippen molar-refractivity contribution in [2.45, 2.75) is 19.3 Å². The largest absolute Gasteiger partial charge is 0.0616 e. The lowest BCUT2D eigenvalue weighted by Crippen LogP contribution is -2.16. The summed E-state index contributed by atoms with van der Waals surface area (Å²) in [6.07, 6.45) is 0. The zero-order valence-electron chi connectivity index (χ0n) is 29.8. The van der Waals surface area contributed by atoms with Gasteiger partial charge in [0.1, 0.15) is 0 Å². The third kappa shape index (κ3) is 4.24. The van der Waals surface area contributed by atoms with Crippen LogP contribution in [0.5, 0.6) is 0 Å². The highest BCUT2D eigenvalue weighted by Gasteiger charge is 2.39. The molecule has 10 aromatic carbocycles. The normalized spacial score (nSPS) is 13.2. The van der Waals surface area contributed by atoms with Gasteiger partial charge >= 0.3 is 0 Å². The molecule has 0 aromatic heterocycles. The number of hydrogen-bond acceptors (Lipinski definition) is 0. The molecule has 0 atom stereocenters. The van der Waals surface area contributed by atoms with Gasteiger partial charge in [-0.3, -0.25) is 0 Å². The Hall–Kier alpha value is -6.50. The zero-order chi connectivity index (χ0) is 35.3. The first-order valence-electron chi connectivity index (χ1n) is 18.7. The Morgan fingerprint density at radius 3 is 1.40 bits per heavy atom. The fraction of sp³-hybridized carbons (Fsp3) is 0.0566. The molecule has 11 rings (SSSR count). The maximum Gasteiger partial charge on any atom is 0.0165 e. The Balaban J connectivity index is 1.23. The lowest BCUT2D eigenvalue weighted by molar-refractivity contribution is 0.663. The summed E-state index contributed by atoms with van der Waals surface area (Å²) in [5.41, 5.74) is 13.1. The molecule has 0 heteroatoms. The van der Waals surface area contributed by atoms with Gasteiger partial charge in [0.25, 0.3) is 0 Å². The summed E-state index contributed by atoms with van der Waals surface area (Å²) in [6.45, 7) is 4.83. The molecule has 0 heterocycles. The van der Waals surface area contributed by atoms with Crippen molar-refractivity contribution in [2.75, 3.05) is 0 Å². The van der Waals surface area contributed by atoms with Crippen LogP contribution in [0.1, 0.15) is 25.0 Å². The molecule has 0 bridgehead atoms. The molecule has 0 N–H and O–H groups in total. The molecule has 0 nitrogen and oxygen atoms in total. The van der Waals surface area contributed by atoms with Gasteiger partial charge in [-0.2, -0.15) is 0 Å². The van der Waals surface area contributed by atoms with Crippen molar-refractivity contribution in [1.29, 1.82) is 0 Å². The van der Waals surface area contributed by atoms with Crippen molar-refractivity contribution < 1.29 is 0 Å². The van der Waals surface area contributed by atoms with Gasteiger partial charge in [-0.15, -0.1) is 0 Å². The van der Waals surface area contributed by atoms with E-state index in [9.17, 15) is 0 Å². The minimum absolute atomic E-state index is 0.171. The lowest BCUT2D eigenvalue weighted by Gasteiger charge is -2.26. The van der Waals surface area contributed by atoms with E-state index < -0.39 is 0 Å². The summed E-state index contributed by atoms with van der Waals surface area (Å²) in [5.74, 6) is 0. The molecule has 10 aromatic rings. The number of fused-ring (bicyclic) bond motifs is 10. The van der Waals surface area contributed by atoms with Gasteiger partial charge in [-0.05, 0) is 116 Å². The Morgan fingerprint density at radius 1 is 0.283 bits per heavy atom. The molecule has 0 spiro atoms. The van der Waals surface area contributed by atoms with Crippen molar-refractivity contribution in [3.05, 3.63) is 193 Å². The second-order valence-electron chi connectivity index (χ2n) is 15.1. The van der Waals surface area contributed by atoms with Crippen LogP contribution in [0.15, 0.2) is 182 Å². The summed E-state index contributed by atoms with van der Waals surface area (Å²) in [5, 5.41) is 12.8. The van der Waals surface area contributed by atoms with E-state index in [0.29, 0.717) is 0 Å². The average Bonchev–Trinajstić information content (AvgIpc) is 3.46. The van der Waals surface area contributed by atoms with Crippen LogP contribution in [0.2, 0.25) is 0 Å². The number of hydrogen-bond donors (Lipinski definition) is 0. The minimum atomic E-state index is -0.171. The molecule has 0 fully saturated rings. The van der Waals surface area contributed by atoms with Crippen LogP contribution in [-0.2, 0) is 5.41 Å². The molecular weight excluding hydrogens is 637 g/mol. The monoisotopic (exact) mass is 672 g/mol. The van der Waals surface area contributed by atoms with E-state index in [1.807, 2.05) is 0 Å². The Labute approximate surface area is 309 Å². The summed E-state index contributed by atoms with van der Waals surface area (Å²) in [4.78, 5) is 0. The van der Waals surface area contributed by atoms with Gasteiger partial charge in [0.2, 0.25) is 0 Å². The SMILES string of the molecule is CC1(C)c2ccc3ccccc3c2-c2cccc(-c3c4ccccc4c(-c4ccccc4-c4cc5ccccc5c5ccccc45)c4ccccc34)c21. The third-order valence-corrected chi connectivity index (χ3v) is 12.0. The van der Waals surface area contributed by atoms with Crippen molar-refractivity contribution in [3.63, 3.8) is 0 Å². The van der Waals surface area contributed by atoms with E-state index in [1.165, 1.54) is 109 Å². The Bertz CT molecular complexity index is 3080. The van der Waals surface area contributed by atoms with Gasteiger partial charge in [0, 0.05) is 5.41 Å². The van der Waals surface area contributed by atoms with Crippen LogP contribution < -0.4 is 0 Å². The molecular formula is C53H36. The first kappa shape index (κ1) is 30.2. The Kier molecular flexibility index (Phi) is 6.40. The van der Waals surface area contributed by atoms with E-state index >= 15 is 0 Å². The molecule has 0 saturated carbocycles. The molecule has 1 aliphatic rings. The molecule has 0 saturated heterocycles. The summed E-state index contributed by atoms with van der Waals surface area (Å²) < 4.78 is 0. The second kappa shape index (κ2) is 11.2.